The lowest BCUT2D eigenvalue weighted by Crippen LogP contribution is -2.44. The molecule has 0 heteroatoms. The topological polar surface area (TPSA) is 0 Å². The summed E-state index contributed by atoms with van der Waals surface area (Å²) < 4.78 is 0. The van der Waals surface area contributed by atoms with Crippen LogP contribution in [0, 0.1) is 16.2 Å². The molecule has 0 aromatic carbocycles. The van der Waals surface area contributed by atoms with E-state index in [4.69, 9.17) is 0 Å². The average molecular weight is 212 g/mol. The molecule has 0 radical (unpaired) electrons. The van der Waals surface area contributed by atoms with Crippen LogP contribution in [0.4, 0.5) is 0 Å². The molecule has 0 aliphatic heterocycles. The molecule has 0 heterocycles. The molecule has 0 unspecified atom stereocenters. The van der Waals surface area contributed by atoms with Gasteiger partial charge in [-0.2, -0.15) is 0 Å². The van der Waals surface area contributed by atoms with Gasteiger partial charge in [-0.05, 0) is 29.1 Å². The predicted molar refractivity (Wildman–Crippen MR) is 71.2 cm³/mol. The normalized spacial score (nSPS) is 14.4. The van der Waals surface area contributed by atoms with Crippen molar-refractivity contribution in [2.75, 3.05) is 0 Å². The second-order valence-corrected chi connectivity index (χ2v) is 6.89. The van der Waals surface area contributed by atoms with E-state index >= 15 is 0 Å². The Balaban J connectivity index is 4.93. The van der Waals surface area contributed by atoms with Crippen molar-refractivity contribution >= 4 is 0 Å². The van der Waals surface area contributed by atoms with Gasteiger partial charge in [-0.1, -0.05) is 68.2 Å². The number of hydrogen-bond donors (Lipinski definition) is 0. The maximum atomic E-state index is 2.46. The van der Waals surface area contributed by atoms with Crippen molar-refractivity contribution in [3.8, 4) is 0 Å². The molecular weight excluding hydrogens is 180 g/mol. The van der Waals surface area contributed by atoms with Crippen LogP contribution in [0.15, 0.2) is 0 Å². The lowest BCUT2D eigenvalue weighted by molar-refractivity contribution is -0.0308. The van der Waals surface area contributed by atoms with Crippen molar-refractivity contribution in [1.29, 1.82) is 0 Å². The SMILES string of the molecule is CCCC(C)(C)C(C)(C)C(C)(C)CCC. The van der Waals surface area contributed by atoms with Gasteiger partial charge in [0.2, 0.25) is 0 Å². The maximum Gasteiger partial charge on any atom is -0.0252 e. The molecular formula is C15H32. The van der Waals surface area contributed by atoms with E-state index in [9.17, 15) is 0 Å². The fourth-order valence-electron chi connectivity index (χ4n) is 2.79. The van der Waals surface area contributed by atoms with E-state index in [0.717, 1.165) is 0 Å². The Morgan fingerprint density at radius 1 is 0.600 bits per heavy atom. The van der Waals surface area contributed by atoms with Crippen molar-refractivity contribution in [1.82, 2.24) is 0 Å². The van der Waals surface area contributed by atoms with Gasteiger partial charge in [-0.25, -0.2) is 0 Å². The monoisotopic (exact) mass is 212 g/mol. The highest BCUT2D eigenvalue weighted by molar-refractivity contribution is 4.95. The summed E-state index contributed by atoms with van der Waals surface area (Å²) in [4.78, 5) is 0. The molecule has 0 bridgehead atoms. The molecule has 92 valence electrons. The molecule has 0 aromatic rings. The number of rotatable bonds is 6. The molecule has 0 N–H and O–H groups in total. The first kappa shape index (κ1) is 15.0. The molecule has 15 heavy (non-hydrogen) atoms. The molecule has 0 saturated carbocycles. The van der Waals surface area contributed by atoms with Crippen LogP contribution in [0.2, 0.25) is 0 Å². The molecule has 0 aliphatic rings. The standard InChI is InChI=1S/C15H32/c1-9-11-13(3,4)15(7,8)14(5,6)12-10-2/h9-12H2,1-8H3. The highest BCUT2D eigenvalue weighted by Gasteiger charge is 2.46. The summed E-state index contributed by atoms with van der Waals surface area (Å²) in [5, 5.41) is 0. The quantitative estimate of drug-likeness (QED) is 0.532. The molecule has 0 amide bonds. The van der Waals surface area contributed by atoms with Gasteiger partial charge in [0.15, 0.2) is 0 Å². The molecule has 0 fully saturated rings. The summed E-state index contributed by atoms with van der Waals surface area (Å²) in [6.45, 7) is 19.3. The highest BCUT2D eigenvalue weighted by Crippen LogP contribution is 2.55. The van der Waals surface area contributed by atoms with E-state index in [0.29, 0.717) is 16.2 Å². The summed E-state index contributed by atoms with van der Waals surface area (Å²) in [5.41, 5.74) is 1.26. The zero-order valence-electron chi connectivity index (χ0n) is 12.3. The molecule has 0 aromatic heterocycles. The Bertz CT molecular complexity index is 164. The lowest BCUT2D eigenvalue weighted by Gasteiger charge is -2.52. The van der Waals surface area contributed by atoms with Crippen LogP contribution >= 0.6 is 0 Å². The van der Waals surface area contributed by atoms with Crippen LogP contribution in [0.1, 0.15) is 81.1 Å². The van der Waals surface area contributed by atoms with Gasteiger partial charge in [0, 0.05) is 0 Å². The van der Waals surface area contributed by atoms with Gasteiger partial charge in [0.25, 0.3) is 0 Å². The van der Waals surface area contributed by atoms with Crippen molar-refractivity contribution in [2.45, 2.75) is 81.1 Å². The summed E-state index contributed by atoms with van der Waals surface area (Å²) in [5.74, 6) is 0. The Kier molecular flexibility index (Phi) is 4.89. The van der Waals surface area contributed by atoms with Gasteiger partial charge in [-0.3, -0.25) is 0 Å². The number of hydrogen-bond acceptors (Lipinski definition) is 0. The van der Waals surface area contributed by atoms with Gasteiger partial charge in [0.1, 0.15) is 0 Å². The van der Waals surface area contributed by atoms with Crippen molar-refractivity contribution < 1.29 is 0 Å². The Labute approximate surface area is 97.8 Å². The first-order chi connectivity index (χ1) is 6.62. The van der Waals surface area contributed by atoms with E-state index in [1.807, 2.05) is 0 Å². The maximum absolute atomic E-state index is 2.46. The van der Waals surface area contributed by atoms with Gasteiger partial charge in [-0.15, -0.1) is 0 Å². The van der Waals surface area contributed by atoms with E-state index in [1.165, 1.54) is 25.7 Å². The minimum absolute atomic E-state index is 0.395. The smallest absolute Gasteiger partial charge is 0.0252 e. The summed E-state index contributed by atoms with van der Waals surface area (Å²) in [7, 11) is 0. The second-order valence-electron chi connectivity index (χ2n) is 6.89. The zero-order valence-corrected chi connectivity index (χ0v) is 12.3. The first-order valence-corrected chi connectivity index (χ1v) is 6.62. The fraction of sp³-hybridized carbons (Fsp3) is 1.00. The van der Waals surface area contributed by atoms with E-state index in [-0.39, 0.29) is 0 Å². The third kappa shape index (κ3) is 2.98. The predicted octanol–water partition coefficient (Wildman–Crippen LogP) is 5.67. The van der Waals surface area contributed by atoms with Crippen LogP contribution in [0.5, 0.6) is 0 Å². The molecule has 0 aliphatic carbocycles. The third-order valence-corrected chi connectivity index (χ3v) is 5.13. The minimum Gasteiger partial charge on any atom is -0.0654 e. The Morgan fingerprint density at radius 2 is 0.867 bits per heavy atom. The van der Waals surface area contributed by atoms with Crippen LogP contribution in [0.3, 0.4) is 0 Å². The third-order valence-electron chi connectivity index (χ3n) is 5.13. The summed E-state index contributed by atoms with van der Waals surface area (Å²) >= 11 is 0. The zero-order chi connectivity index (χ0) is 12.3. The largest absolute Gasteiger partial charge is 0.0654 e. The van der Waals surface area contributed by atoms with E-state index < -0.39 is 0 Å². The van der Waals surface area contributed by atoms with E-state index in [2.05, 4.69) is 55.4 Å². The van der Waals surface area contributed by atoms with Crippen molar-refractivity contribution in [2.24, 2.45) is 16.2 Å². The minimum atomic E-state index is 0.395. The lowest BCUT2D eigenvalue weighted by atomic mass is 9.52. The first-order valence-electron chi connectivity index (χ1n) is 6.62. The van der Waals surface area contributed by atoms with Gasteiger partial charge >= 0.3 is 0 Å². The van der Waals surface area contributed by atoms with Gasteiger partial charge in [0.05, 0.1) is 0 Å². The van der Waals surface area contributed by atoms with Crippen molar-refractivity contribution in [3.05, 3.63) is 0 Å². The van der Waals surface area contributed by atoms with Crippen LogP contribution in [-0.2, 0) is 0 Å². The Morgan fingerprint density at radius 3 is 1.07 bits per heavy atom. The van der Waals surface area contributed by atoms with Crippen LogP contribution < -0.4 is 0 Å². The Hall–Kier alpha value is 0. The van der Waals surface area contributed by atoms with Gasteiger partial charge < -0.3 is 0 Å². The van der Waals surface area contributed by atoms with E-state index in [1.54, 1.807) is 0 Å². The fourth-order valence-corrected chi connectivity index (χ4v) is 2.79. The van der Waals surface area contributed by atoms with Crippen LogP contribution in [0.25, 0.3) is 0 Å². The summed E-state index contributed by atoms with van der Waals surface area (Å²) in [6.07, 6.45) is 5.23. The highest BCUT2D eigenvalue weighted by atomic mass is 14.5. The molecule has 0 atom stereocenters. The molecule has 0 spiro atoms. The summed E-state index contributed by atoms with van der Waals surface area (Å²) in [6, 6.07) is 0. The average Bonchev–Trinajstić information content (AvgIpc) is 2.03. The molecule has 0 nitrogen and oxygen atoms in total. The van der Waals surface area contributed by atoms with Crippen LogP contribution in [-0.4, -0.2) is 0 Å². The van der Waals surface area contributed by atoms with Crippen molar-refractivity contribution in [3.63, 3.8) is 0 Å². The second kappa shape index (κ2) is 4.89. The molecule has 0 saturated heterocycles. The molecule has 0 rings (SSSR count).